The van der Waals surface area contributed by atoms with E-state index in [1.54, 1.807) is 6.07 Å². The second-order valence-corrected chi connectivity index (χ2v) is 5.48. The molecule has 1 saturated carbocycles. The minimum Gasteiger partial charge on any atom is -0.479 e. The summed E-state index contributed by atoms with van der Waals surface area (Å²) in [5, 5.41) is 9.34. The molecule has 2 rings (SSSR count). The van der Waals surface area contributed by atoms with Crippen LogP contribution in [-0.4, -0.2) is 27.9 Å². The molecule has 4 nitrogen and oxygen atoms in total. The molecule has 1 unspecified atom stereocenters. The van der Waals surface area contributed by atoms with Crippen molar-refractivity contribution in [1.82, 2.24) is 4.90 Å². The zero-order chi connectivity index (χ0) is 14.2. The molecule has 0 radical (unpaired) electrons. The number of amides is 1. The molecule has 0 aliphatic heterocycles. The van der Waals surface area contributed by atoms with Crippen molar-refractivity contribution in [2.45, 2.75) is 31.8 Å². The van der Waals surface area contributed by atoms with Gasteiger partial charge in [0.2, 0.25) is 5.91 Å². The molecule has 1 aliphatic rings. The number of carbonyl (C=O) groups excluding carboxylic acids is 1. The highest BCUT2D eigenvalue weighted by Gasteiger charge is 2.40. The second-order valence-electron chi connectivity index (χ2n) is 4.56. The first-order chi connectivity index (χ1) is 8.91. The van der Waals surface area contributed by atoms with Crippen molar-refractivity contribution < 1.29 is 19.1 Å². The third-order valence-electron chi connectivity index (χ3n) is 3.07. The molecule has 1 N–H and O–H groups in total. The molecular formula is C13H13BrFNO3. The number of carboxylic acids is 1. The summed E-state index contributed by atoms with van der Waals surface area (Å²) in [6.07, 6.45) is 1.53. The first kappa shape index (κ1) is 14.0. The molecule has 1 amide bonds. The van der Waals surface area contributed by atoms with Gasteiger partial charge in [0.1, 0.15) is 5.82 Å². The first-order valence-electron chi connectivity index (χ1n) is 5.88. The number of hydrogen-bond donors (Lipinski definition) is 1. The fraction of sp³-hybridized carbons (Fsp3) is 0.385. The second kappa shape index (κ2) is 5.28. The lowest BCUT2D eigenvalue weighted by Gasteiger charge is -2.28. The van der Waals surface area contributed by atoms with Gasteiger partial charge in [-0.3, -0.25) is 4.79 Å². The lowest BCUT2D eigenvalue weighted by Crippen LogP contribution is -2.39. The van der Waals surface area contributed by atoms with Crippen molar-refractivity contribution in [2.24, 2.45) is 0 Å². The van der Waals surface area contributed by atoms with Crippen LogP contribution in [0.3, 0.4) is 0 Å². The maximum Gasteiger partial charge on any atom is 0.331 e. The number of halogens is 2. The van der Waals surface area contributed by atoms with Gasteiger partial charge >= 0.3 is 5.97 Å². The lowest BCUT2D eigenvalue weighted by atomic mass is 10.0. The Morgan fingerprint density at radius 1 is 1.47 bits per heavy atom. The van der Waals surface area contributed by atoms with Gasteiger partial charge in [0.25, 0.3) is 0 Å². The van der Waals surface area contributed by atoms with E-state index < -0.39 is 17.8 Å². The summed E-state index contributed by atoms with van der Waals surface area (Å²) in [6, 6.07) is 2.81. The van der Waals surface area contributed by atoms with Gasteiger partial charge in [-0.25, -0.2) is 9.18 Å². The summed E-state index contributed by atoms with van der Waals surface area (Å²) in [6.45, 7) is 1.31. The molecule has 6 heteroatoms. The topological polar surface area (TPSA) is 57.6 Å². The van der Waals surface area contributed by atoms with E-state index in [1.165, 1.54) is 24.0 Å². The Morgan fingerprint density at radius 3 is 2.53 bits per heavy atom. The molecule has 1 atom stereocenters. The largest absolute Gasteiger partial charge is 0.479 e. The summed E-state index contributed by atoms with van der Waals surface area (Å²) in [5.41, 5.74) is 0.0119. The van der Waals surface area contributed by atoms with E-state index in [0.717, 1.165) is 12.8 Å². The van der Waals surface area contributed by atoms with Crippen LogP contribution < -0.4 is 0 Å². The van der Waals surface area contributed by atoms with E-state index in [-0.39, 0.29) is 17.5 Å². The van der Waals surface area contributed by atoms with Crippen LogP contribution >= 0.6 is 15.9 Å². The summed E-state index contributed by atoms with van der Waals surface area (Å²) < 4.78 is 14.5. The van der Waals surface area contributed by atoms with Crippen LogP contribution in [0.5, 0.6) is 0 Å². The molecule has 19 heavy (non-hydrogen) atoms. The van der Waals surface area contributed by atoms with E-state index in [2.05, 4.69) is 15.9 Å². The number of hydrogen-bond acceptors (Lipinski definition) is 2. The van der Waals surface area contributed by atoms with Gasteiger partial charge in [0.15, 0.2) is 6.04 Å². The van der Waals surface area contributed by atoms with Gasteiger partial charge in [-0.1, -0.05) is 22.0 Å². The molecule has 0 bridgehead atoms. The number of carboxylic acid groups (broad SMARTS) is 1. The minimum absolute atomic E-state index is 0.0119. The van der Waals surface area contributed by atoms with Crippen molar-refractivity contribution in [2.75, 3.05) is 0 Å². The Kier molecular flexibility index (Phi) is 3.89. The van der Waals surface area contributed by atoms with Crippen molar-refractivity contribution in [3.63, 3.8) is 0 Å². The van der Waals surface area contributed by atoms with Gasteiger partial charge < -0.3 is 10.0 Å². The van der Waals surface area contributed by atoms with Gasteiger partial charge in [0, 0.05) is 23.0 Å². The van der Waals surface area contributed by atoms with Crippen LogP contribution in [0.1, 0.15) is 31.4 Å². The number of nitrogens with zero attached hydrogens (tertiary/aromatic N) is 1. The highest BCUT2D eigenvalue weighted by atomic mass is 79.9. The average Bonchev–Trinajstić information content (AvgIpc) is 3.10. The summed E-state index contributed by atoms with van der Waals surface area (Å²) in [7, 11) is 0. The van der Waals surface area contributed by atoms with Crippen molar-refractivity contribution >= 4 is 27.8 Å². The molecule has 0 saturated heterocycles. The van der Waals surface area contributed by atoms with Crippen LogP contribution in [0.4, 0.5) is 4.39 Å². The van der Waals surface area contributed by atoms with E-state index in [1.807, 2.05) is 0 Å². The quantitative estimate of drug-likeness (QED) is 0.923. The van der Waals surface area contributed by atoms with Gasteiger partial charge in [-0.2, -0.15) is 0 Å². The summed E-state index contributed by atoms with van der Waals surface area (Å²) >= 11 is 3.12. The fourth-order valence-corrected chi connectivity index (χ4v) is 2.46. The van der Waals surface area contributed by atoms with Gasteiger partial charge in [-0.05, 0) is 25.0 Å². The molecule has 1 aromatic carbocycles. The number of benzene rings is 1. The Bertz CT molecular complexity index is 531. The molecule has 102 valence electrons. The number of carbonyl (C=O) groups is 2. The van der Waals surface area contributed by atoms with Gasteiger partial charge in [0.05, 0.1) is 0 Å². The molecule has 0 heterocycles. The Hall–Kier alpha value is -1.43. The SMILES string of the molecule is CC(=O)N(C1CC1)C(C(=O)O)c1ccc(Br)cc1F. The van der Waals surface area contributed by atoms with Crippen LogP contribution in [0.2, 0.25) is 0 Å². The zero-order valence-corrected chi connectivity index (χ0v) is 11.9. The predicted molar refractivity (Wildman–Crippen MR) is 70.0 cm³/mol. The normalized spacial score (nSPS) is 15.9. The van der Waals surface area contributed by atoms with E-state index in [9.17, 15) is 19.1 Å². The smallest absolute Gasteiger partial charge is 0.331 e. The van der Waals surface area contributed by atoms with Crippen LogP contribution in [0.15, 0.2) is 22.7 Å². The molecule has 0 aromatic heterocycles. The Balaban J connectivity index is 2.44. The zero-order valence-electron chi connectivity index (χ0n) is 10.3. The highest BCUT2D eigenvalue weighted by Crippen LogP contribution is 2.36. The third kappa shape index (κ3) is 2.94. The standard InChI is InChI=1S/C13H13BrFNO3/c1-7(17)16(9-3-4-9)12(13(18)19)10-5-2-8(14)6-11(10)15/h2,5-6,9,12H,3-4H2,1H3,(H,18,19). The summed E-state index contributed by atoms with van der Waals surface area (Å²) in [4.78, 5) is 24.4. The highest BCUT2D eigenvalue weighted by molar-refractivity contribution is 9.10. The van der Waals surface area contributed by atoms with Crippen molar-refractivity contribution in [3.05, 3.63) is 34.1 Å². The van der Waals surface area contributed by atoms with E-state index in [4.69, 9.17) is 0 Å². The van der Waals surface area contributed by atoms with Crippen molar-refractivity contribution in [3.8, 4) is 0 Å². The van der Waals surface area contributed by atoms with Gasteiger partial charge in [-0.15, -0.1) is 0 Å². The Labute approximate surface area is 118 Å². The first-order valence-corrected chi connectivity index (χ1v) is 6.67. The maximum absolute atomic E-state index is 13.9. The van der Waals surface area contributed by atoms with E-state index in [0.29, 0.717) is 4.47 Å². The molecule has 1 aliphatic carbocycles. The van der Waals surface area contributed by atoms with Crippen LogP contribution in [0, 0.1) is 5.82 Å². The number of aliphatic carboxylic acids is 1. The van der Waals surface area contributed by atoms with E-state index >= 15 is 0 Å². The molecule has 1 fully saturated rings. The van der Waals surface area contributed by atoms with Crippen molar-refractivity contribution in [1.29, 1.82) is 0 Å². The molecule has 0 spiro atoms. The number of rotatable bonds is 4. The Morgan fingerprint density at radius 2 is 2.11 bits per heavy atom. The minimum atomic E-state index is -1.27. The average molecular weight is 330 g/mol. The van der Waals surface area contributed by atoms with Crippen LogP contribution in [0.25, 0.3) is 0 Å². The van der Waals surface area contributed by atoms with Crippen LogP contribution in [-0.2, 0) is 9.59 Å². The predicted octanol–water partition coefficient (Wildman–Crippen LogP) is 2.72. The maximum atomic E-state index is 13.9. The fourth-order valence-electron chi connectivity index (χ4n) is 2.13. The third-order valence-corrected chi connectivity index (χ3v) is 3.57. The monoisotopic (exact) mass is 329 g/mol. The molecular weight excluding hydrogens is 317 g/mol. The lowest BCUT2D eigenvalue weighted by molar-refractivity contribution is -0.150. The molecule has 1 aromatic rings. The summed E-state index contributed by atoms with van der Waals surface area (Å²) in [5.74, 6) is -2.20.